The predicted molar refractivity (Wildman–Crippen MR) is 94.4 cm³/mol. The molecule has 0 radical (unpaired) electrons. The van der Waals surface area contributed by atoms with Crippen LogP contribution in [0, 0.1) is 5.82 Å². The van der Waals surface area contributed by atoms with Gasteiger partial charge in [-0.25, -0.2) is 27.8 Å². The topological polar surface area (TPSA) is 112 Å². The Morgan fingerprint density at radius 1 is 1.38 bits per heavy atom. The molecule has 2 aromatic rings. The zero-order valence-electron chi connectivity index (χ0n) is 14.9. The van der Waals surface area contributed by atoms with Crippen LogP contribution in [0.4, 0.5) is 29.5 Å². The summed E-state index contributed by atoms with van der Waals surface area (Å²) in [6, 6.07) is 1.07. The summed E-state index contributed by atoms with van der Waals surface area (Å²) in [5.74, 6) is -0.828. The second-order valence-electron chi connectivity index (χ2n) is 6.46. The van der Waals surface area contributed by atoms with E-state index in [-0.39, 0.29) is 41.8 Å². The van der Waals surface area contributed by atoms with Gasteiger partial charge < -0.3 is 25.1 Å². The van der Waals surface area contributed by atoms with Gasteiger partial charge in [-0.3, -0.25) is 4.79 Å². The third-order valence-corrected chi connectivity index (χ3v) is 4.56. The molecule has 0 saturated carbocycles. The van der Waals surface area contributed by atoms with Crippen molar-refractivity contribution in [2.45, 2.75) is 19.0 Å². The standard InChI is InChI=1S/C17H16F3N5O4/c18-9-3-8-12(4-10(9)22-5-13(21)26)28-2-1-24-6-14(23-16(8)24)25-11(15(19)20)7-29-17(25)27/h3-4,6,11,15,22H,1-2,5,7H2,(H2,21,26). The number of carbonyl (C=O) groups excluding carboxylic acids is 2. The number of aromatic nitrogens is 2. The minimum Gasteiger partial charge on any atom is -0.491 e. The van der Waals surface area contributed by atoms with Gasteiger partial charge >= 0.3 is 6.09 Å². The zero-order valence-corrected chi connectivity index (χ0v) is 14.9. The van der Waals surface area contributed by atoms with Crippen LogP contribution >= 0.6 is 0 Å². The first-order chi connectivity index (χ1) is 13.8. The van der Waals surface area contributed by atoms with E-state index in [9.17, 15) is 22.8 Å². The molecule has 1 saturated heterocycles. The number of hydrogen-bond acceptors (Lipinski definition) is 6. The molecule has 1 aromatic carbocycles. The molecule has 0 bridgehead atoms. The molecule has 2 aliphatic rings. The Labute approximate surface area is 162 Å². The molecule has 4 rings (SSSR count). The maximum atomic E-state index is 14.5. The first-order valence-electron chi connectivity index (χ1n) is 8.65. The number of benzene rings is 1. The Morgan fingerprint density at radius 3 is 2.90 bits per heavy atom. The smallest absolute Gasteiger partial charge is 0.416 e. The van der Waals surface area contributed by atoms with Crippen LogP contribution in [0.25, 0.3) is 11.4 Å². The molecule has 1 aromatic heterocycles. The fourth-order valence-corrected chi connectivity index (χ4v) is 3.21. The fraction of sp³-hybridized carbons (Fsp3) is 0.353. The first-order valence-corrected chi connectivity index (χ1v) is 8.65. The van der Waals surface area contributed by atoms with Crippen molar-refractivity contribution in [1.82, 2.24) is 9.55 Å². The van der Waals surface area contributed by atoms with E-state index in [0.717, 1.165) is 11.0 Å². The molecule has 2 amide bonds. The predicted octanol–water partition coefficient (Wildman–Crippen LogP) is 1.57. The molecule has 1 unspecified atom stereocenters. The third kappa shape index (κ3) is 3.41. The highest BCUT2D eigenvalue weighted by Gasteiger charge is 2.42. The van der Waals surface area contributed by atoms with Crippen LogP contribution in [-0.2, 0) is 16.1 Å². The molecule has 9 nitrogen and oxygen atoms in total. The van der Waals surface area contributed by atoms with E-state index < -0.39 is 36.9 Å². The van der Waals surface area contributed by atoms with E-state index in [2.05, 4.69) is 10.3 Å². The lowest BCUT2D eigenvalue weighted by molar-refractivity contribution is -0.116. The van der Waals surface area contributed by atoms with Crippen LogP contribution in [0.2, 0.25) is 0 Å². The highest BCUT2D eigenvalue weighted by atomic mass is 19.3. The van der Waals surface area contributed by atoms with Crippen molar-refractivity contribution >= 4 is 23.5 Å². The van der Waals surface area contributed by atoms with Gasteiger partial charge in [-0.1, -0.05) is 0 Å². The summed E-state index contributed by atoms with van der Waals surface area (Å²) in [5.41, 5.74) is 5.35. The van der Waals surface area contributed by atoms with Crippen molar-refractivity contribution in [3.63, 3.8) is 0 Å². The maximum Gasteiger partial charge on any atom is 0.416 e. The Balaban J connectivity index is 1.73. The fourth-order valence-electron chi connectivity index (χ4n) is 3.21. The van der Waals surface area contributed by atoms with Crippen LogP contribution in [0.5, 0.6) is 5.75 Å². The number of primary amides is 1. The lowest BCUT2D eigenvalue weighted by atomic mass is 10.1. The number of rotatable bonds is 5. The SMILES string of the molecule is NC(=O)CNc1cc2c(cc1F)-c1nc(N3C(=O)OCC3C(F)F)cn1CCO2. The van der Waals surface area contributed by atoms with E-state index in [1.807, 2.05) is 0 Å². The van der Waals surface area contributed by atoms with Gasteiger partial charge in [-0.05, 0) is 6.07 Å². The average Bonchev–Trinajstić information content (AvgIpc) is 3.20. The van der Waals surface area contributed by atoms with Crippen LogP contribution in [0.1, 0.15) is 0 Å². The van der Waals surface area contributed by atoms with Crippen molar-refractivity contribution in [3.05, 3.63) is 24.1 Å². The van der Waals surface area contributed by atoms with Gasteiger partial charge in [0.2, 0.25) is 5.91 Å². The number of ether oxygens (including phenoxy) is 2. The lowest BCUT2D eigenvalue weighted by Gasteiger charge is -2.17. The van der Waals surface area contributed by atoms with E-state index >= 15 is 0 Å². The van der Waals surface area contributed by atoms with Crippen molar-refractivity contribution in [2.24, 2.45) is 5.73 Å². The first kappa shape index (κ1) is 18.9. The summed E-state index contributed by atoms with van der Waals surface area (Å²) >= 11 is 0. The van der Waals surface area contributed by atoms with Gasteiger partial charge in [0.1, 0.15) is 36.6 Å². The molecule has 1 fully saturated rings. The number of hydrogen-bond donors (Lipinski definition) is 2. The molecule has 3 heterocycles. The summed E-state index contributed by atoms with van der Waals surface area (Å²) in [6.07, 6.45) is -2.31. The molecular formula is C17H16F3N5O4. The minimum atomic E-state index is -2.81. The number of cyclic esters (lactones) is 1. The number of anilines is 2. The number of fused-ring (bicyclic) bond motifs is 3. The summed E-state index contributed by atoms with van der Waals surface area (Å²) in [4.78, 5) is 27.9. The number of alkyl halides is 2. The normalized spacial score (nSPS) is 18.0. The minimum absolute atomic E-state index is 0.0167. The van der Waals surface area contributed by atoms with Crippen LogP contribution in [-0.4, -0.2) is 53.8 Å². The van der Waals surface area contributed by atoms with Gasteiger partial charge in [-0.15, -0.1) is 0 Å². The van der Waals surface area contributed by atoms with Crippen molar-refractivity contribution in [2.75, 3.05) is 30.0 Å². The summed E-state index contributed by atoms with van der Waals surface area (Å²) in [7, 11) is 0. The molecule has 29 heavy (non-hydrogen) atoms. The van der Waals surface area contributed by atoms with E-state index in [1.165, 1.54) is 12.3 Å². The molecule has 1 atom stereocenters. The van der Waals surface area contributed by atoms with Gasteiger partial charge in [0, 0.05) is 12.3 Å². The molecule has 3 N–H and O–H groups in total. The summed E-state index contributed by atoms with van der Waals surface area (Å²) in [5, 5.41) is 2.57. The molecule has 0 spiro atoms. The van der Waals surface area contributed by atoms with Crippen LogP contribution in [0.15, 0.2) is 18.3 Å². The van der Waals surface area contributed by atoms with Gasteiger partial charge in [0.25, 0.3) is 6.43 Å². The molecule has 0 aliphatic carbocycles. The van der Waals surface area contributed by atoms with Gasteiger partial charge in [0.15, 0.2) is 5.82 Å². The lowest BCUT2D eigenvalue weighted by Crippen LogP contribution is -2.38. The second kappa shape index (κ2) is 7.18. The van der Waals surface area contributed by atoms with E-state index in [0.29, 0.717) is 6.54 Å². The molecule has 12 heteroatoms. The number of nitrogens with zero attached hydrogens (tertiary/aromatic N) is 3. The third-order valence-electron chi connectivity index (χ3n) is 4.56. The molecule has 2 aliphatic heterocycles. The zero-order chi connectivity index (χ0) is 20.7. The molecular weight excluding hydrogens is 395 g/mol. The Morgan fingerprint density at radius 2 is 2.17 bits per heavy atom. The second-order valence-corrected chi connectivity index (χ2v) is 6.46. The van der Waals surface area contributed by atoms with E-state index in [4.69, 9.17) is 15.2 Å². The van der Waals surface area contributed by atoms with E-state index in [1.54, 1.807) is 4.57 Å². The van der Waals surface area contributed by atoms with Crippen molar-refractivity contribution in [3.8, 4) is 17.1 Å². The Bertz CT molecular complexity index is 980. The van der Waals surface area contributed by atoms with Crippen LogP contribution in [0.3, 0.4) is 0 Å². The highest BCUT2D eigenvalue weighted by molar-refractivity contribution is 5.89. The largest absolute Gasteiger partial charge is 0.491 e. The number of nitrogens with two attached hydrogens (primary N) is 1. The quantitative estimate of drug-likeness (QED) is 0.773. The highest BCUT2D eigenvalue weighted by Crippen LogP contribution is 2.38. The number of amides is 2. The van der Waals surface area contributed by atoms with Gasteiger partial charge in [-0.2, -0.15) is 0 Å². The number of halogens is 3. The molecule has 154 valence electrons. The summed E-state index contributed by atoms with van der Waals surface area (Å²) in [6.45, 7) is -0.215. The van der Waals surface area contributed by atoms with Gasteiger partial charge in [0.05, 0.1) is 24.3 Å². The van der Waals surface area contributed by atoms with Crippen molar-refractivity contribution < 1.29 is 32.2 Å². The van der Waals surface area contributed by atoms with Crippen molar-refractivity contribution in [1.29, 1.82) is 0 Å². The number of imidazole rings is 1. The average molecular weight is 411 g/mol. The Kier molecular flexibility index (Phi) is 4.68. The Hall–Kier alpha value is -3.44. The maximum absolute atomic E-state index is 14.5. The summed E-state index contributed by atoms with van der Waals surface area (Å²) < 4.78 is 52.9. The number of nitrogens with one attached hydrogen (secondary N) is 1. The monoisotopic (exact) mass is 411 g/mol. The van der Waals surface area contributed by atoms with Crippen LogP contribution < -0.4 is 20.7 Å². The number of carbonyl (C=O) groups is 2.